The molecule has 0 aliphatic rings. The number of para-hydroxylation sites is 4. The van der Waals surface area contributed by atoms with Gasteiger partial charge in [0.15, 0.2) is 0 Å². The molecule has 0 saturated carbocycles. The second-order valence-electron chi connectivity index (χ2n) is 14.1. The molecule has 0 radical (unpaired) electrons. The molecule has 2 heteroatoms. The number of anilines is 3. The van der Waals surface area contributed by atoms with E-state index in [0.29, 0.717) is 0 Å². The van der Waals surface area contributed by atoms with E-state index in [1.165, 1.54) is 38.5 Å². The molecule has 9 aromatic carbocycles. The predicted molar refractivity (Wildman–Crippen MR) is 237 cm³/mol. The monoisotopic (exact) mass is 714 g/mol. The molecule has 2 nitrogen and oxygen atoms in total. The van der Waals surface area contributed by atoms with Crippen molar-refractivity contribution in [3.8, 4) is 50.2 Å². The zero-order valence-corrected chi connectivity index (χ0v) is 30.8. The smallest absolute Gasteiger partial charge is 0.0562 e. The van der Waals surface area contributed by atoms with Crippen LogP contribution in [0.5, 0.6) is 0 Å². The number of rotatable bonds is 8. The molecule has 0 saturated heterocycles. The van der Waals surface area contributed by atoms with Crippen LogP contribution in [-0.2, 0) is 0 Å². The molecule has 264 valence electrons. The molecule has 10 rings (SSSR count). The summed E-state index contributed by atoms with van der Waals surface area (Å²) in [7, 11) is 0. The molecule has 0 spiro atoms. The maximum Gasteiger partial charge on any atom is 0.0562 e. The summed E-state index contributed by atoms with van der Waals surface area (Å²) in [4.78, 5) is 2.49. The highest BCUT2D eigenvalue weighted by atomic mass is 15.2. The van der Waals surface area contributed by atoms with Gasteiger partial charge in [-0.15, -0.1) is 0 Å². The van der Waals surface area contributed by atoms with Gasteiger partial charge in [0.2, 0.25) is 0 Å². The molecule has 1 aromatic heterocycles. The van der Waals surface area contributed by atoms with Gasteiger partial charge in [-0.05, 0) is 75.8 Å². The lowest BCUT2D eigenvalue weighted by Gasteiger charge is -2.30. The summed E-state index contributed by atoms with van der Waals surface area (Å²) in [6, 6.07) is 83.1. The van der Waals surface area contributed by atoms with Crippen molar-refractivity contribution >= 4 is 38.9 Å². The van der Waals surface area contributed by atoms with E-state index in [4.69, 9.17) is 0 Å². The molecule has 0 fully saturated rings. The highest BCUT2D eigenvalue weighted by Crippen LogP contribution is 2.49. The Morgan fingerprint density at radius 3 is 1.21 bits per heavy atom. The lowest BCUT2D eigenvalue weighted by Crippen LogP contribution is -2.13. The zero-order valence-electron chi connectivity index (χ0n) is 30.8. The lowest BCUT2D eigenvalue weighted by atomic mass is 9.96. The summed E-state index contributed by atoms with van der Waals surface area (Å²) in [6.45, 7) is 0. The molecule has 0 aliphatic carbocycles. The number of benzene rings is 9. The zero-order chi connectivity index (χ0) is 37.3. The van der Waals surface area contributed by atoms with E-state index >= 15 is 0 Å². The first-order chi connectivity index (χ1) is 27.8. The third kappa shape index (κ3) is 5.95. The summed E-state index contributed by atoms with van der Waals surface area (Å²) in [5, 5.41) is 2.41. The van der Waals surface area contributed by atoms with Gasteiger partial charge in [-0.25, -0.2) is 0 Å². The Kier molecular flexibility index (Phi) is 8.55. The summed E-state index contributed by atoms with van der Waals surface area (Å²) < 4.78 is 2.40. The third-order valence-electron chi connectivity index (χ3n) is 10.8. The molecule has 0 aliphatic heterocycles. The van der Waals surface area contributed by atoms with E-state index in [2.05, 4.69) is 240 Å². The molecule has 0 N–H and O–H groups in total. The molecule has 10 aromatic rings. The minimum absolute atomic E-state index is 1.11. The Morgan fingerprint density at radius 2 is 0.661 bits per heavy atom. The lowest BCUT2D eigenvalue weighted by molar-refractivity contribution is 1.18. The Bertz CT molecular complexity index is 2800. The van der Waals surface area contributed by atoms with Crippen LogP contribution in [-0.4, -0.2) is 4.57 Å². The standard InChI is InChI=1S/C54H38N2/c1-4-17-39(18-5-1)41-31-35-43(36-32-41)46-23-10-13-26-49(46)56(50-27-14-11-24-47(50)44-37-33-42(34-38-44)40-19-6-2-7-20-40)53-30-16-29-52-54(53)48-25-12-15-28-51(48)55(52)45-21-8-3-9-22-45/h1-38H. The third-order valence-corrected chi connectivity index (χ3v) is 10.8. The van der Waals surface area contributed by atoms with Crippen molar-refractivity contribution in [2.75, 3.05) is 4.90 Å². The van der Waals surface area contributed by atoms with Gasteiger partial charge >= 0.3 is 0 Å². The van der Waals surface area contributed by atoms with Gasteiger partial charge in [-0.3, -0.25) is 0 Å². The van der Waals surface area contributed by atoms with Crippen molar-refractivity contribution in [1.82, 2.24) is 4.57 Å². The van der Waals surface area contributed by atoms with Crippen molar-refractivity contribution in [2.24, 2.45) is 0 Å². The Morgan fingerprint density at radius 1 is 0.268 bits per heavy atom. The number of nitrogens with zero attached hydrogens (tertiary/aromatic N) is 2. The first kappa shape index (κ1) is 33.2. The SMILES string of the molecule is c1ccc(-c2ccc(-c3ccccc3N(c3ccccc3-c3ccc(-c4ccccc4)cc3)c3cccc4c3c3ccccc3n4-c3ccccc3)cc2)cc1. The predicted octanol–water partition coefficient (Wildman–Crippen LogP) is 14.9. The van der Waals surface area contributed by atoms with Crippen LogP contribution in [0, 0.1) is 0 Å². The molecule has 0 unspecified atom stereocenters. The highest BCUT2D eigenvalue weighted by Gasteiger charge is 2.25. The van der Waals surface area contributed by atoms with Crippen LogP contribution in [0.2, 0.25) is 0 Å². The fraction of sp³-hybridized carbons (Fsp3) is 0. The summed E-state index contributed by atoms with van der Waals surface area (Å²) in [6.07, 6.45) is 0. The average Bonchev–Trinajstić information content (AvgIpc) is 3.63. The van der Waals surface area contributed by atoms with Crippen molar-refractivity contribution in [2.45, 2.75) is 0 Å². The van der Waals surface area contributed by atoms with E-state index in [0.717, 1.165) is 50.5 Å². The normalized spacial score (nSPS) is 11.2. The van der Waals surface area contributed by atoms with Crippen LogP contribution in [0.4, 0.5) is 17.1 Å². The van der Waals surface area contributed by atoms with Crippen LogP contribution < -0.4 is 4.90 Å². The fourth-order valence-electron chi connectivity index (χ4n) is 8.20. The Balaban J connectivity index is 1.22. The first-order valence-electron chi connectivity index (χ1n) is 19.2. The van der Waals surface area contributed by atoms with Gasteiger partial charge in [0, 0.05) is 27.6 Å². The van der Waals surface area contributed by atoms with Crippen LogP contribution >= 0.6 is 0 Å². The maximum atomic E-state index is 2.49. The second-order valence-corrected chi connectivity index (χ2v) is 14.1. The van der Waals surface area contributed by atoms with E-state index in [9.17, 15) is 0 Å². The minimum Gasteiger partial charge on any atom is -0.309 e. The summed E-state index contributed by atoms with van der Waals surface area (Å²) in [5.74, 6) is 0. The van der Waals surface area contributed by atoms with Crippen molar-refractivity contribution < 1.29 is 0 Å². The van der Waals surface area contributed by atoms with Gasteiger partial charge in [0.05, 0.1) is 28.1 Å². The Hall–Kier alpha value is -7.42. The molecule has 56 heavy (non-hydrogen) atoms. The van der Waals surface area contributed by atoms with Crippen LogP contribution in [0.1, 0.15) is 0 Å². The van der Waals surface area contributed by atoms with Crippen molar-refractivity contribution in [1.29, 1.82) is 0 Å². The second kappa shape index (κ2) is 14.4. The molecule has 1 heterocycles. The number of hydrogen-bond acceptors (Lipinski definition) is 1. The van der Waals surface area contributed by atoms with Gasteiger partial charge in [-0.1, -0.05) is 188 Å². The van der Waals surface area contributed by atoms with Gasteiger partial charge in [0.25, 0.3) is 0 Å². The Labute approximate surface area is 327 Å². The highest BCUT2D eigenvalue weighted by molar-refractivity contribution is 6.17. The van der Waals surface area contributed by atoms with Crippen LogP contribution in [0.3, 0.4) is 0 Å². The molecular formula is C54H38N2. The molecule has 0 atom stereocenters. The first-order valence-corrected chi connectivity index (χ1v) is 19.2. The van der Waals surface area contributed by atoms with Gasteiger partial charge in [0.1, 0.15) is 0 Å². The van der Waals surface area contributed by atoms with Gasteiger partial charge < -0.3 is 9.47 Å². The molecule has 0 bridgehead atoms. The number of fused-ring (bicyclic) bond motifs is 3. The quantitative estimate of drug-likeness (QED) is 0.152. The van der Waals surface area contributed by atoms with E-state index < -0.39 is 0 Å². The van der Waals surface area contributed by atoms with Crippen LogP contribution in [0.15, 0.2) is 231 Å². The van der Waals surface area contributed by atoms with E-state index in [1.54, 1.807) is 0 Å². The molecule has 0 amide bonds. The number of hydrogen-bond donors (Lipinski definition) is 0. The van der Waals surface area contributed by atoms with Crippen molar-refractivity contribution in [3.05, 3.63) is 231 Å². The van der Waals surface area contributed by atoms with E-state index in [1.807, 2.05) is 0 Å². The molecular weight excluding hydrogens is 677 g/mol. The average molecular weight is 715 g/mol. The van der Waals surface area contributed by atoms with Crippen LogP contribution in [0.25, 0.3) is 72.0 Å². The van der Waals surface area contributed by atoms with Gasteiger partial charge in [-0.2, -0.15) is 0 Å². The minimum atomic E-state index is 1.11. The largest absolute Gasteiger partial charge is 0.309 e. The number of aromatic nitrogens is 1. The van der Waals surface area contributed by atoms with Crippen molar-refractivity contribution in [3.63, 3.8) is 0 Å². The fourth-order valence-corrected chi connectivity index (χ4v) is 8.20. The van der Waals surface area contributed by atoms with E-state index in [-0.39, 0.29) is 0 Å². The summed E-state index contributed by atoms with van der Waals surface area (Å²) >= 11 is 0. The maximum absolute atomic E-state index is 2.49. The topological polar surface area (TPSA) is 8.17 Å². The summed E-state index contributed by atoms with van der Waals surface area (Å²) in [5.41, 5.74) is 16.3.